The zero-order chi connectivity index (χ0) is 30.4. The van der Waals surface area contributed by atoms with E-state index in [4.69, 9.17) is 9.26 Å². The van der Waals surface area contributed by atoms with Crippen LogP contribution in [0.4, 0.5) is 13.2 Å². The Balaban J connectivity index is 1.57. The van der Waals surface area contributed by atoms with Gasteiger partial charge in [-0.1, -0.05) is 99.8 Å². The number of amides is 1. The topological polar surface area (TPSA) is 85.5 Å². The van der Waals surface area contributed by atoms with Crippen LogP contribution in [0, 0.1) is 0 Å². The van der Waals surface area contributed by atoms with E-state index in [2.05, 4.69) is 17.1 Å². The fraction of sp³-hybridized carbons (Fsp3) is 0.500. The number of hydrogen-bond acceptors (Lipinski definition) is 6. The molecule has 0 atom stereocenters. The molecule has 1 aromatic heterocycles. The molecule has 0 radical (unpaired) electrons. The maximum absolute atomic E-state index is 12.9. The van der Waals surface area contributed by atoms with E-state index in [1.165, 1.54) is 62.0 Å². The summed E-state index contributed by atoms with van der Waals surface area (Å²) < 4.78 is 49.1. The minimum Gasteiger partial charge on any atom is -0.459 e. The summed E-state index contributed by atoms with van der Waals surface area (Å²) in [6, 6.07) is 11.6. The Hall–Kier alpha value is -3.69. The highest BCUT2D eigenvalue weighted by molar-refractivity contribution is 6.32. The van der Waals surface area contributed by atoms with Crippen LogP contribution < -0.4 is 0 Å². The van der Waals surface area contributed by atoms with E-state index in [0.717, 1.165) is 37.0 Å². The summed E-state index contributed by atoms with van der Waals surface area (Å²) in [7, 11) is 0. The van der Waals surface area contributed by atoms with Gasteiger partial charge in [0.25, 0.3) is 0 Å². The molecule has 2 aromatic carbocycles. The molecule has 0 aliphatic carbocycles. The zero-order valence-corrected chi connectivity index (χ0v) is 24.4. The van der Waals surface area contributed by atoms with E-state index >= 15 is 0 Å². The van der Waals surface area contributed by atoms with Gasteiger partial charge in [0.1, 0.15) is 0 Å². The number of aromatic nitrogens is 2. The molecule has 0 spiro atoms. The van der Waals surface area contributed by atoms with Crippen LogP contribution in [-0.4, -0.2) is 33.5 Å². The van der Waals surface area contributed by atoms with E-state index in [-0.39, 0.29) is 19.7 Å². The molecule has 0 aliphatic heterocycles. The first-order valence-electron chi connectivity index (χ1n) is 14.7. The van der Waals surface area contributed by atoms with E-state index in [9.17, 15) is 22.8 Å². The van der Waals surface area contributed by atoms with Gasteiger partial charge in [-0.2, -0.15) is 18.2 Å². The standard InChI is InChI=1S/C32H40F3N3O4/c1-3-5-6-7-8-9-10-11-12-13-28-36-29(37-42-28)26-18-14-24(15-19-26)22-38(30(39)31(40)41-4-2)23-25-16-20-27(21-17-25)32(33,34)35/h14-21H,3-13,22-23H2,1-2H3. The molecule has 1 amide bonds. The van der Waals surface area contributed by atoms with Crippen LogP contribution in [0.25, 0.3) is 11.4 Å². The van der Waals surface area contributed by atoms with Crippen molar-refractivity contribution < 1.29 is 32.0 Å². The van der Waals surface area contributed by atoms with Crippen LogP contribution in [0.1, 0.15) is 94.2 Å². The second-order valence-corrected chi connectivity index (χ2v) is 10.4. The summed E-state index contributed by atoms with van der Waals surface area (Å²) in [4.78, 5) is 30.7. The van der Waals surface area contributed by atoms with Crippen LogP contribution >= 0.6 is 0 Å². The summed E-state index contributed by atoms with van der Waals surface area (Å²) in [5.74, 6) is -0.830. The molecule has 1 heterocycles. The molecule has 3 aromatic rings. The number of carbonyl (C=O) groups is 2. The number of halogens is 3. The van der Waals surface area contributed by atoms with Crippen molar-refractivity contribution in [1.29, 1.82) is 0 Å². The lowest BCUT2D eigenvalue weighted by Crippen LogP contribution is -2.36. The third-order valence-corrected chi connectivity index (χ3v) is 6.94. The maximum Gasteiger partial charge on any atom is 0.416 e. The summed E-state index contributed by atoms with van der Waals surface area (Å²) in [6.07, 6.45) is 7.40. The van der Waals surface area contributed by atoms with Crippen molar-refractivity contribution in [2.24, 2.45) is 0 Å². The summed E-state index contributed by atoms with van der Waals surface area (Å²) >= 11 is 0. The number of unbranched alkanes of at least 4 members (excludes halogenated alkanes) is 8. The normalized spacial score (nSPS) is 11.5. The Morgan fingerprint density at radius 3 is 1.90 bits per heavy atom. The predicted octanol–water partition coefficient (Wildman–Crippen LogP) is 7.92. The van der Waals surface area contributed by atoms with Gasteiger partial charge < -0.3 is 14.2 Å². The number of rotatable bonds is 16. The molecule has 0 aliphatic rings. The molecule has 10 heteroatoms. The highest BCUT2D eigenvalue weighted by atomic mass is 19.4. The third-order valence-electron chi connectivity index (χ3n) is 6.94. The number of esters is 1. The second-order valence-electron chi connectivity index (χ2n) is 10.4. The number of hydrogen-bond donors (Lipinski definition) is 0. The SMILES string of the molecule is CCCCCCCCCCCc1nc(-c2ccc(CN(Cc3ccc(C(F)(F)F)cc3)C(=O)C(=O)OCC)cc2)no1. The van der Waals surface area contributed by atoms with Crippen LogP contribution in [-0.2, 0) is 40.0 Å². The van der Waals surface area contributed by atoms with Gasteiger partial charge in [-0.25, -0.2) is 4.79 Å². The van der Waals surface area contributed by atoms with Crippen LogP contribution in [0.3, 0.4) is 0 Å². The Bertz CT molecular complexity index is 1240. The molecule has 0 saturated carbocycles. The first-order valence-corrected chi connectivity index (χ1v) is 14.7. The molecule has 0 bridgehead atoms. The van der Waals surface area contributed by atoms with Gasteiger partial charge in [0.05, 0.1) is 12.2 Å². The van der Waals surface area contributed by atoms with Gasteiger partial charge in [-0.3, -0.25) is 4.79 Å². The zero-order valence-electron chi connectivity index (χ0n) is 24.4. The second kappa shape index (κ2) is 16.7. The summed E-state index contributed by atoms with van der Waals surface area (Å²) in [6.45, 7) is 3.83. The van der Waals surface area contributed by atoms with Gasteiger partial charge >= 0.3 is 18.1 Å². The molecule has 3 rings (SSSR count). The average Bonchev–Trinajstić information content (AvgIpc) is 3.45. The molecular weight excluding hydrogens is 547 g/mol. The van der Waals surface area contributed by atoms with Crippen molar-refractivity contribution in [3.63, 3.8) is 0 Å². The Labute approximate surface area is 245 Å². The molecule has 7 nitrogen and oxygen atoms in total. The van der Waals surface area contributed by atoms with Crippen LogP contribution in [0.5, 0.6) is 0 Å². The predicted molar refractivity (Wildman–Crippen MR) is 153 cm³/mol. The number of benzene rings is 2. The molecule has 0 unspecified atom stereocenters. The van der Waals surface area contributed by atoms with Gasteiger partial charge in [-0.05, 0) is 36.6 Å². The molecule has 0 saturated heterocycles. The smallest absolute Gasteiger partial charge is 0.416 e. The van der Waals surface area contributed by atoms with Gasteiger partial charge in [-0.15, -0.1) is 0 Å². The minimum absolute atomic E-state index is 0.0270. The van der Waals surface area contributed by atoms with Crippen LogP contribution in [0.2, 0.25) is 0 Å². The highest BCUT2D eigenvalue weighted by Gasteiger charge is 2.30. The Morgan fingerprint density at radius 1 is 0.810 bits per heavy atom. The van der Waals surface area contributed by atoms with Crippen molar-refractivity contribution in [3.8, 4) is 11.4 Å². The molecule has 0 N–H and O–H groups in total. The molecular formula is C32H40F3N3O4. The number of carbonyl (C=O) groups excluding carboxylic acids is 2. The Kier molecular flexibility index (Phi) is 13.0. The number of ether oxygens (including phenoxy) is 1. The average molecular weight is 588 g/mol. The molecule has 228 valence electrons. The van der Waals surface area contributed by atoms with Crippen molar-refractivity contribution in [3.05, 3.63) is 71.1 Å². The number of aryl methyl sites for hydroxylation is 1. The fourth-order valence-corrected chi connectivity index (χ4v) is 4.58. The minimum atomic E-state index is -4.46. The lowest BCUT2D eigenvalue weighted by Gasteiger charge is -2.22. The van der Waals surface area contributed by atoms with Crippen molar-refractivity contribution in [2.45, 2.75) is 97.3 Å². The monoisotopic (exact) mass is 587 g/mol. The van der Waals surface area contributed by atoms with Crippen LogP contribution in [0.15, 0.2) is 53.1 Å². The van der Waals surface area contributed by atoms with E-state index < -0.39 is 23.6 Å². The maximum atomic E-state index is 12.9. The number of nitrogens with zero attached hydrogens (tertiary/aromatic N) is 3. The van der Waals surface area contributed by atoms with Crippen molar-refractivity contribution in [2.75, 3.05) is 6.61 Å². The fourth-order valence-electron chi connectivity index (χ4n) is 4.58. The van der Waals surface area contributed by atoms with E-state index in [1.54, 1.807) is 31.2 Å². The van der Waals surface area contributed by atoms with Gasteiger partial charge in [0.2, 0.25) is 11.7 Å². The highest BCUT2D eigenvalue weighted by Crippen LogP contribution is 2.29. The van der Waals surface area contributed by atoms with Gasteiger partial charge in [0.15, 0.2) is 0 Å². The van der Waals surface area contributed by atoms with Crippen molar-refractivity contribution >= 4 is 11.9 Å². The number of alkyl halides is 3. The van der Waals surface area contributed by atoms with Gasteiger partial charge in [0, 0.05) is 25.1 Å². The largest absolute Gasteiger partial charge is 0.459 e. The lowest BCUT2D eigenvalue weighted by molar-refractivity contribution is -0.160. The molecule has 42 heavy (non-hydrogen) atoms. The lowest BCUT2D eigenvalue weighted by atomic mass is 10.1. The van der Waals surface area contributed by atoms with E-state index in [0.29, 0.717) is 22.8 Å². The van der Waals surface area contributed by atoms with Crippen molar-refractivity contribution in [1.82, 2.24) is 15.0 Å². The summed E-state index contributed by atoms with van der Waals surface area (Å²) in [5.41, 5.74) is 1.11. The summed E-state index contributed by atoms with van der Waals surface area (Å²) in [5, 5.41) is 4.09. The Morgan fingerprint density at radius 2 is 1.36 bits per heavy atom. The quantitative estimate of drug-likeness (QED) is 0.0962. The third kappa shape index (κ3) is 10.6. The van der Waals surface area contributed by atoms with E-state index in [1.807, 2.05) is 0 Å². The first-order chi connectivity index (χ1) is 20.2. The first kappa shape index (κ1) is 32.8. The molecule has 0 fully saturated rings.